The molecule has 0 atom stereocenters. The normalized spacial score (nSPS) is 10.5. The number of hydrogen-bond acceptors (Lipinski definition) is 2. The highest BCUT2D eigenvalue weighted by molar-refractivity contribution is 9.10. The van der Waals surface area contributed by atoms with E-state index < -0.39 is 0 Å². The molecule has 0 spiro atoms. The second-order valence-corrected chi connectivity index (χ2v) is 5.85. The van der Waals surface area contributed by atoms with Gasteiger partial charge < -0.3 is 5.11 Å². The van der Waals surface area contributed by atoms with Crippen molar-refractivity contribution >= 4 is 27.7 Å². The molecule has 0 fully saturated rings. The van der Waals surface area contributed by atoms with Crippen LogP contribution in [0.15, 0.2) is 56.7 Å². The van der Waals surface area contributed by atoms with Crippen LogP contribution in [0.1, 0.15) is 11.1 Å². The number of rotatable bonds is 3. The maximum Gasteiger partial charge on any atom is 0.0681 e. The largest absolute Gasteiger partial charge is 0.392 e. The van der Waals surface area contributed by atoms with Gasteiger partial charge in [-0.25, -0.2) is 0 Å². The van der Waals surface area contributed by atoms with Crippen LogP contribution >= 0.6 is 27.7 Å². The molecule has 0 saturated carbocycles. The Morgan fingerprint density at radius 3 is 2.65 bits per heavy atom. The predicted molar refractivity (Wildman–Crippen MR) is 75.4 cm³/mol. The third kappa shape index (κ3) is 3.35. The molecule has 1 nitrogen and oxygen atoms in total. The van der Waals surface area contributed by atoms with E-state index in [1.165, 1.54) is 15.4 Å². The van der Waals surface area contributed by atoms with E-state index in [9.17, 15) is 0 Å². The maximum absolute atomic E-state index is 9.07. The van der Waals surface area contributed by atoms with E-state index in [0.29, 0.717) is 0 Å². The first-order valence-corrected chi connectivity index (χ1v) is 6.94. The van der Waals surface area contributed by atoms with Crippen LogP contribution in [-0.2, 0) is 6.61 Å². The van der Waals surface area contributed by atoms with Gasteiger partial charge in [0, 0.05) is 14.3 Å². The van der Waals surface area contributed by atoms with Gasteiger partial charge in [-0.15, -0.1) is 0 Å². The first-order valence-electron chi connectivity index (χ1n) is 5.33. The van der Waals surface area contributed by atoms with Crippen LogP contribution in [0.3, 0.4) is 0 Å². The number of aliphatic hydroxyl groups excluding tert-OH is 1. The average molecular weight is 309 g/mol. The van der Waals surface area contributed by atoms with Crippen LogP contribution in [0.5, 0.6) is 0 Å². The van der Waals surface area contributed by atoms with Crippen LogP contribution in [0.25, 0.3) is 0 Å². The van der Waals surface area contributed by atoms with Crippen LogP contribution < -0.4 is 0 Å². The van der Waals surface area contributed by atoms with Crippen molar-refractivity contribution in [1.29, 1.82) is 0 Å². The van der Waals surface area contributed by atoms with E-state index in [1.54, 1.807) is 11.8 Å². The van der Waals surface area contributed by atoms with E-state index in [1.807, 2.05) is 24.3 Å². The Kier molecular flexibility index (Phi) is 4.26. The molecule has 88 valence electrons. The van der Waals surface area contributed by atoms with Crippen molar-refractivity contribution in [3.05, 3.63) is 58.1 Å². The predicted octanol–water partition coefficient (Wildman–Crippen LogP) is 4.40. The summed E-state index contributed by atoms with van der Waals surface area (Å²) in [4.78, 5) is 2.43. The number of hydrogen-bond donors (Lipinski definition) is 1. The molecule has 0 saturated heterocycles. The smallest absolute Gasteiger partial charge is 0.0681 e. The molecule has 0 aromatic heterocycles. The summed E-state index contributed by atoms with van der Waals surface area (Å²) in [5, 5.41) is 9.07. The molecule has 0 aliphatic rings. The molecule has 0 bridgehead atoms. The van der Waals surface area contributed by atoms with Crippen molar-refractivity contribution in [2.75, 3.05) is 0 Å². The zero-order chi connectivity index (χ0) is 12.3. The van der Waals surface area contributed by atoms with Crippen LogP contribution in [0, 0.1) is 6.92 Å². The zero-order valence-electron chi connectivity index (χ0n) is 9.48. The molecule has 1 N–H and O–H groups in total. The van der Waals surface area contributed by atoms with Gasteiger partial charge in [0.15, 0.2) is 0 Å². The van der Waals surface area contributed by atoms with Crippen LogP contribution in [0.2, 0.25) is 0 Å². The molecule has 0 unspecified atom stereocenters. The summed E-state index contributed by atoms with van der Waals surface area (Å²) in [6, 6.07) is 14.3. The molecule has 17 heavy (non-hydrogen) atoms. The lowest BCUT2D eigenvalue weighted by Crippen LogP contribution is -1.86. The fourth-order valence-electron chi connectivity index (χ4n) is 1.58. The summed E-state index contributed by atoms with van der Waals surface area (Å²) < 4.78 is 1.09. The van der Waals surface area contributed by atoms with Gasteiger partial charge in [0.1, 0.15) is 0 Å². The van der Waals surface area contributed by atoms with Gasteiger partial charge >= 0.3 is 0 Å². The summed E-state index contributed by atoms with van der Waals surface area (Å²) in [5.74, 6) is 0. The third-order valence-corrected chi connectivity index (χ3v) is 4.11. The Labute approximate surface area is 114 Å². The molecule has 0 amide bonds. The number of aryl methyl sites for hydroxylation is 1. The second-order valence-electron chi connectivity index (χ2n) is 3.82. The molecule has 2 aromatic carbocycles. The van der Waals surface area contributed by atoms with Crippen molar-refractivity contribution < 1.29 is 5.11 Å². The van der Waals surface area contributed by atoms with Gasteiger partial charge in [-0.05, 0) is 42.3 Å². The quantitative estimate of drug-likeness (QED) is 0.907. The van der Waals surface area contributed by atoms with E-state index >= 15 is 0 Å². The van der Waals surface area contributed by atoms with Crippen molar-refractivity contribution in [3.8, 4) is 0 Å². The molecule has 0 radical (unpaired) electrons. The lowest BCUT2D eigenvalue weighted by molar-refractivity contribution is 0.281. The Balaban J connectivity index is 2.24. The summed E-state index contributed by atoms with van der Waals surface area (Å²) in [6.45, 7) is 2.17. The molecular weight excluding hydrogens is 296 g/mol. The average Bonchev–Trinajstić information content (AvgIpc) is 2.32. The van der Waals surface area contributed by atoms with E-state index in [4.69, 9.17) is 5.11 Å². The lowest BCUT2D eigenvalue weighted by atomic mass is 10.1. The molecule has 0 heterocycles. The zero-order valence-corrected chi connectivity index (χ0v) is 11.9. The summed E-state index contributed by atoms with van der Waals surface area (Å²) >= 11 is 5.21. The highest BCUT2D eigenvalue weighted by Crippen LogP contribution is 2.32. The monoisotopic (exact) mass is 308 g/mol. The van der Waals surface area contributed by atoms with Gasteiger partial charge in [0.05, 0.1) is 6.61 Å². The molecule has 0 aliphatic carbocycles. The Hall–Kier alpha value is -0.770. The summed E-state index contributed by atoms with van der Waals surface area (Å²) in [7, 11) is 0. The fourth-order valence-corrected chi connectivity index (χ4v) is 3.08. The van der Waals surface area contributed by atoms with E-state index in [-0.39, 0.29) is 6.61 Å². The van der Waals surface area contributed by atoms with Gasteiger partial charge in [-0.2, -0.15) is 0 Å². The van der Waals surface area contributed by atoms with Crippen molar-refractivity contribution in [1.82, 2.24) is 0 Å². The number of benzene rings is 2. The van der Waals surface area contributed by atoms with Crippen molar-refractivity contribution in [3.63, 3.8) is 0 Å². The minimum Gasteiger partial charge on any atom is -0.392 e. The number of halogens is 1. The minimum atomic E-state index is 0.0999. The Morgan fingerprint density at radius 1 is 1.18 bits per heavy atom. The molecule has 2 rings (SSSR count). The maximum atomic E-state index is 9.07. The number of aliphatic hydroxyl groups is 1. The molecular formula is C14H13BrOS. The SMILES string of the molecule is Cc1cc(CO)ccc1Sc1cccc(Br)c1. The molecule has 2 aromatic rings. The van der Waals surface area contributed by atoms with Gasteiger partial charge in [0.2, 0.25) is 0 Å². The highest BCUT2D eigenvalue weighted by atomic mass is 79.9. The Morgan fingerprint density at radius 2 is 2.00 bits per heavy atom. The lowest BCUT2D eigenvalue weighted by Gasteiger charge is -2.07. The topological polar surface area (TPSA) is 20.2 Å². The van der Waals surface area contributed by atoms with Gasteiger partial charge in [0.25, 0.3) is 0 Å². The Bertz CT molecular complexity index is 525. The van der Waals surface area contributed by atoms with Crippen molar-refractivity contribution in [2.45, 2.75) is 23.3 Å². The second kappa shape index (κ2) is 5.71. The van der Waals surface area contributed by atoms with Gasteiger partial charge in [-0.3, -0.25) is 0 Å². The summed E-state index contributed by atoms with van der Waals surface area (Å²) in [6.07, 6.45) is 0. The third-order valence-electron chi connectivity index (χ3n) is 2.45. The highest BCUT2D eigenvalue weighted by Gasteiger charge is 2.02. The van der Waals surface area contributed by atoms with Crippen LogP contribution in [-0.4, -0.2) is 5.11 Å². The first-order chi connectivity index (χ1) is 8.19. The van der Waals surface area contributed by atoms with Gasteiger partial charge in [-0.1, -0.05) is 45.9 Å². The van der Waals surface area contributed by atoms with Crippen LogP contribution in [0.4, 0.5) is 0 Å². The standard InChI is InChI=1S/C14H13BrOS/c1-10-7-11(9-16)5-6-14(10)17-13-4-2-3-12(15)8-13/h2-8,16H,9H2,1H3. The minimum absolute atomic E-state index is 0.0999. The van der Waals surface area contributed by atoms with E-state index in [2.05, 4.69) is 41.1 Å². The summed E-state index contributed by atoms with van der Waals surface area (Å²) in [5.41, 5.74) is 2.16. The molecule has 0 aliphatic heterocycles. The fraction of sp³-hybridized carbons (Fsp3) is 0.143. The molecule has 3 heteroatoms. The van der Waals surface area contributed by atoms with Crippen molar-refractivity contribution in [2.24, 2.45) is 0 Å². The first kappa shape index (κ1) is 12.7. The van der Waals surface area contributed by atoms with E-state index in [0.717, 1.165) is 10.0 Å².